The molecule has 0 aromatic rings. The molecule has 7 heteroatoms. The van der Waals surface area contributed by atoms with Crippen molar-refractivity contribution in [3.05, 3.63) is 0 Å². The van der Waals surface area contributed by atoms with Gasteiger partial charge in [-0.2, -0.15) is 0 Å². The Labute approximate surface area is 167 Å². The molecule has 1 saturated heterocycles. The van der Waals surface area contributed by atoms with E-state index >= 15 is 0 Å². The topological polar surface area (TPSA) is 83.6 Å². The summed E-state index contributed by atoms with van der Waals surface area (Å²) in [6.07, 6.45) is 9.83. The Morgan fingerprint density at radius 2 is 1.54 bits per heavy atom. The molecule has 6 nitrogen and oxygen atoms in total. The summed E-state index contributed by atoms with van der Waals surface area (Å²) < 4.78 is 23.6. The van der Waals surface area contributed by atoms with Crippen molar-refractivity contribution in [1.29, 1.82) is 0 Å². The Morgan fingerprint density at radius 3 is 2.04 bits per heavy atom. The maximum absolute atomic E-state index is 13.0. The van der Waals surface area contributed by atoms with Crippen LogP contribution in [0.25, 0.3) is 0 Å². The van der Waals surface area contributed by atoms with Gasteiger partial charge in [-0.05, 0) is 75.5 Å². The first-order chi connectivity index (χ1) is 13.3. The van der Waals surface area contributed by atoms with Crippen LogP contribution in [0.2, 0.25) is 0 Å². The molecule has 5 aliphatic carbocycles. The molecule has 4 bridgehead atoms. The van der Waals surface area contributed by atoms with E-state index in [1.165, 1.54) is 19.3 Å². The number of carbonyl (C=O) groups excluding carboxylic acids is 2. The normalized spacial score (nSPS) is 40.4. The van der Waals surface area contributed by atoms with Crippen molar-refractivity contribution in [2.45, 2.75) is 76.3 Å². The second-order valence-corrected chi connectivity index (χ2v) is 12.5. The Kier molecular flexibility index (Phi) is 4.53. The molecule has 1 heterocycles. The number of carbonyl (C=O) groups is 2. The van der Waals surface area contributed by atoms with E-state index < -0.39 is 9.84 Å². The highest BCUT2D eigenvalue weighted by atomic mass is 32.2. The molecule has 1 atom stereocenters. The molecule has 1 aliphatic heterocycles. The number of nitrogens with one attached hydrogen (secondary N) is 1. The van der Waals surface area contributed by atoms with E-state index in [-0.39, 0.29) is 47.2 Å². The van der Waals surface area contributed by atoms with Crippen molar-refractivity contribution in [1.82, 2.24) is 10.2 Å². The maximum atomic E-state index is 13.0. The molecule has 6 aliphatic rings. The third-order valence-corrected chi connectivity index (χ3v) is 9.72. The molecule has 6 rings (SSSR count). The van der Waals surface area contributed by atoms with Gasteiger partial charge < -0.3 is 10.2 Å². The minimum atomic E-state index is -3.00. The number of hydrogen-bond acceptors (Lipinski definition) is 4. The first kappa shape index (κ1) is 18.9. The van der Waals surface area contributed by atoms with Gasteiger partial charge in [-0.15, -0.1) is 0 Å². The lowest BCUT2D eigenvalue weighted by molar-refractivity contribution is -0.146. The Balaban J connectivity index is 1.16. The summed E-state index contributed by atoms with van der Waals surface area (Å²) in [6, 6.07) is 0.0495. The van der Waals surface area contributed by atoms with Crippen LogP contribution in [0.15, 0.2) is 0 Å². The van der Waals surface area contributed by atoms with Crippen molar-refractivity contribution in [2.75, 3.05) is 18.1 Å². The first-order valence-corrected chi connectivity index (χ1v) is 13.0. The number of nitrogens with zero attached hydrogens (tertiary/aromatic N) is 1. The zero-order valence-corrected chi connectivity index (χ0v) is 17.4. The average molecular weight is 409 g/mol. The predicted molar refractivity (Wildman–Crippen MR) is 105 cm³/mol. The second-order valence-electron chi connectivity index (χ2n) is 10.3. The van der Waals surface area contributed by atoms with Crippen LogP contribution in [0.4, 0.5) is 0 Å². The number of sulfone groups is 1. The lowest BCUT2D eigenvalue weighted by Crippen LogP contribution is -2.54. The summed E-state index contributed by atoms with van der Waals surface area (Å²) in [5, 5.41) is 3.09. The Hall–Kier alpha value is -1.11. The van der Waals surface area contributed by atoms with Crippen molar-refractivity contribution >= 4 is 21.7 Å². The van der Waals surface area contributed by atoms with Gasteiger partial charge in [-0.25, -0.2) is 8.42 Å². The summed E-state index contributed by atoms with van der Waals surface area (Å²) in [5.41, 5.74) is -0.173. The van der Waals surface area contributed by atoms with Crippen LogP contribution in [-0.4, -0.2) is 55.3 Å². The molecule has 1 N–H and O–H groups in total. The fourth-order valence-electron chi connectivity index (χ4n) is 7.04. The molecule has 2 amide bonds. The summed E-state index contributed by atoms with van der Waals surface area (Å²) in [6.45, 7) is 0.377. The molecule has 28 heavy (non-hydrogen) atoms. The fraction of sp³-hybridized carbons (Fsp3) is 0.905. The van der Waals surface area contributed by atoms with Gasteiger partial charge in [0.2, 0.25) is 11.8 Å². The van der Waals surface area contributed by atoms with Gasteiger partial charge in [0.1, 0.15) is 0 Å². The van der Waals surface area contributed by atoms with Crippen molar-refractivity contribution in [3.8, 4) is 0 Å². The molecular weight excluding hydrogens is 376 g/mol. The van der Waals surface area contributed by atoms with Crippen molar-refractivity contribution in [3.63, 3.8) is 0 Å². The van der Waals surface area contributed by atoms with E-state index in [9.17, 15) is 18.0 Å². The van der Waals surface area contributed by atoms with E-state index in [0.717, 1.165) is 49.9 Å². The van der Waals surface area contributed by atoms with Crippen LogP contribution in [-0.2, 0) is 19.4 Å². The van der Waals surface area contributed by atoms with Crippen LogP contribution in [0, 0.1) is 23.2 Å². The van der Waals surface area contributed by atoms with Gasteiger partial charge in [-0.3, -0.25) is 9.59 Å². The first-order valence-electron chi connectivity index (χ1n) is 11.1. The molecule has 0 spiro atoms. The van der Waals surface area contributed by atoms with Crippen molar-refractivity contribution in [2.24, 2.45) is 23.2 Å². The summed E-state index contributed by atoms with van der Waals surface area (Å²) in [5.74, 6) is 2.66. The van der Waals surface area contributed by atoms with E-state index in [2.05, 4.69) is 5.32 Å². The van der Waals surface area contributed by atoms with Gasteiger partial charge in [0.05, 0.1) is 11.5 Å². The van der Waals surface area contributed by atoms with Gasteiger partial charge in [-0.1, -0.05) is 0 Å². The van der Waals surface area contributed by atoms with Gasteiger partial charge in [0.25, 0.3) is 0 Å². The van der Waals surface area contributed by atoms with E-state index in [1.807, 2.05) is 4.90 Å². The zero-order valence-electron chi connectivity index (χ0n) is 16.6. The fourth-order valence-corrected chi connectivity index (χ4v) is 8.75. The van der Waals surface area contributed by atoms with Gasteiger partial charge in [0.15, 0.2) is 9.84 Å². The number of amides is 2. The molecule has 0 radical (unpaired) electrons. The lowest BCUT2D eigenvalue weighted by Gasteiger charge is -2.55. The van der Waals surface area contributed by atoms with Crippen LogP contribution < -0.4 is 5.32 Å². The van der Waals surface area contributed by atoms with E-state index in [1.54, 1.807) is 0 Å². The molecule has 0 aromatic carbocycles. The standard InChI is InChI=1S/C21H32N2O4S/c24-19(23(17-1-2-17)18-4-6-28(26,27)13-18)3-5-22-20(25)21-10-14-7-15(11-21)9-16(8-14)12-21/h14-18H,1-13H2,(H,22,25). The summed E-state index contributed by atoms with van der Waals surface area (Å²) >= 11 is 0. The van der Waals surface area contributed by atoms with Crippen molar-refractivity contribution < 1.29 is 18.0 Å². The average Bonchev–Trinajstić information content (AvgIpc) is 3.37. The van der Waals surface area contributed by atoms with E-state index in [0.29, 0.717) is 13.0 Å². The molecular formula is C21H32N2O4S. The Bertz CT molecular complexity index is 738. The summed E-state index contributed by atoms with van der Waals surface area (Å²) in [4.78, 5) is 27.7. The molecule has 5 saturated carbocycles. The van der Waals surface area contributed by atoms with Crippen LogP contribution >= 0.6 is 0 Å². The minimum Gasteiger partial charge on any atom is -0.355 e. The van der Waals surface area contributed by atoms with Crippen LogP contribution in [0.1, 0.15) is 64.2 Å². The number of rotatable bonds is 6. The second kappa shape index (κ2) is 6.71. The maximum Gasteiger partial charge on any atom is 0.226 e. The minimum absolute atomic E-state index is 0.00964. The molecule has 0 aromatic heterocycles. The highest BCUT2D eigenvalue weighted by Gasteiger charge is 2.54. The largest absolute Gasteiger partial charge is 0.355 e. The predicted octanol–water partition coefficient (Wildman–Crippen LogP) is 1.89. The third kappa shape index (κ3) is 3.48. The highest BCUT2D eigenvalue weighted by molar-refractivity contribution is 7.91. The van der Waals surface area contributed by atoms with Crippen LogP contribution in [0.5, 0.6) is 0 Å². The molecule has 6 fully saturated rings. The van der Waals surface area contributed by atoms with E-state index in [4.69, 9.17) is 0 Å². The Morgan fingerprint density at radius 1 is 0.929 bits per heavy atom. The summed E-state index contributed by atoms with van der Waals surface area (Å²) in [7, 11) is -3.00. The zero-order chi connectivity index (χ0) is 19.5. The highest BCUT2D eigenvalue weighted by Crippen LogP contribution is 2.60. The van der Waals surface area contributed by atoms with Gasteiger partial charge in [0, 0.05) is 30.5 Å². The molecule has 1 unspecified atom stereocenters. The third-order valence-electron chi connectivity index (χ3n) is 7.97. The quantitative estimate of drug-likeness (QED) is 0.727. The lowest BCUT2D eigenvalue weighted by atomic mass is 9.49. The van der Waals surface area contributed by atoms with Gasteiger partial charge >= 0.3 is 0 Å². The monoisotopic (exact) mass is 408 g/mol. The SMILES string of the molecule is O=C(CCNC(=O)C12CC3CC(CC(C3)C1)C2)N(C1CC1)C1CCS(=O)(=O)C1. The van der Waals surface area contributed by atoms with Crippen LogP contribution in [0.3, 0.4) is 0 Å². The smallest absolute Gasteiger partial charge is 0.226 e. The molecule has 156 valence electrons. The number of hydrogen-bond donors (Lipinski definition) is 1.